The van der Waals surface area contributed by atoms with Crippen LogP contribution in [0.3, 0.4) is 0 Å². The molecule has 1 heterocycles. The number of carbonyl (C=O) groups excluding carboxylic acids is 2. The number of anilines is 1. The largest absolute Gasteiger partial charge is 0.493 e. The number of ether oxygens (including phenoxy) is 4. The maximum Gasteiger partial charge on any atom is 0.338 e. The fraction of sp³-hybridized carbons (Fsp3) is 0.458. The van der Waals surface area contributed by atoms with Gasteiger partial charge in [-0.1, -0.05) is 12.8 Å². The average Bonchev–Trinajstić information content (AvgIpc) is 3.42. The van der Waals surface area contributed by atoms with Crippen molar-refractivity contribution in [2.75, 3.05) is 33.3 Å². The summed E-state index contributed by atoms with van der Waals surface area (Å²) in [5, 5.41) is 12.5. The van der Waals surface area contributed by atoms with Gasteiger partial charge in [-0.05, 0) is 44.4 Å². The molecule has 33 heavy (non-hydrogen) atoms. The highest BCUT2D eigenvalue weighted by molar-refractivity contribution is 5.96. The number of rotatable bonds is 8. The first-order valence-electron chi connectivity index (χ1n) is 10.7. The molecule has 0 bridgehead atoms. The van der Waals surface area contributed by atoms with E-state index in [0.717, 1.165) is 36.9 Å². The molecule has 1 aromatic heterocycles. The highest BCUT2D eigenvalue weighted by Gasteiger charge is 2.27. The van der Waals surface area contributed by atoms with E-state index in [1.807, 2.05) is 18.4 Å². The summed E-state index contributed by atoms with van der Waals surface area (Å²) in [6.45, 7) is 3.32. The predicted molar refractivity (Wildman–Crippen MR) is 121 cm³/mol. The number of amides is 1. The van der Waals surface area contributed by atoms with Crippen LogP contribution in [0.4, 0.5) is 5.82 Å². The number of benzene rings is 1. The van der Waals surface area contributed by atoms with Crippen molar-refractivity contribution in [1.82, 2.24) is 4.57 Å². The third-order valence-corrected chi connectivity index (χ3v) is 6.05. The molecular formula is C24H29N3O6. The molecule has 1 saturated carbocycles. The predicted octanol–water partition coefficient (Wildman–Crippen LogP) is 3.91. The number of esters is 1. The standard InChI is InChI=1S/C24H29N3O6/c1-14-15(2)27(17-8-6-7-9-17)23(18(14)12-25)26-21(28)13-33-24(29)16-10-19(30-3)22(32-5)20(11-16)31-4/h10-11,17H,6-9,13H2,1-5H3,(H,26,28). The fourth-order valence-corrected chi connectivity index (χ4v) is 4.29. The van der Waals surface area contributed by atoms with E-state index in [2.05, 4.69) is 11.4 Å². The Bertz CT molecular complexity index is 1070. The van der Waals surface area contributed by atoms with E-state index in [0.29, 0.717) is 28.6 Å². The van der Waals surface area contributed by atoms with Crippen LogP contribution in [0.5, 0.6) is 17.2 Å². The molecule has 3 rings (SSSR count). The normalized spacial score (nSPS) is 13.3. The van der Waals surface area contributed by atoms with Crippen molar-refractivity contribution in [1.29, 1.82) is 5.26 Å². The van der Waals surface area contributed by atoms with Gasteiger partial charge >= 0.3 is 5.97 Å². The number of nitrogens with zero attached hydrogens (tertiary/aromatic N) is 2. The van der Waals surface area contributed by atoms with Crippen LogP contribution in [0.25, 0.3) is 0 Å². The van der Waals surface area contributed by atoms with Crippen LogP contribution in [0.1, 0.15) is 58.9 Å². The van der Waals surface area contributed by atoms with Gasteiger partial charge in [-0.2, -0.15) is 5.26 Å². The van der Waals surface area contributed by atoms with Gasteiger partial charge < -0.3 is 28.8 Å². The zero-order valence-corrected chi connectivity index (χ0v) is 19.6. The Hall–Kier alpha value is -3.67. The summed E-state index contributed by atoms with van der Waals surface area (Å²) in [7, 11) is 4.34. The molecule has 0 saturated heterocycles. The molecule has 176 valence electrons. The summed E-state index contributed by atoms with van der Waals surface area (Å²) >= 11 is 0. The smallest absolute Gasteiger partial charge is 0.338 e. The molecule has 9 heteroatoms. The second-order valence-electron chi connectivity index (χ2n) is 7.89. The lowest BCUT2D eigenvalue weighted by Gasteiger charge is -2.19. The van der Waals surface area contributed by atoms with Gasteiger partial charge in [0, 0.05) is 11.7 Å². The fourth-order valence-electron chi connectivity index (χ4n) is 4.29. The first-order valence-corrected chi connectivity index (χ1v) is 10.7. The second-order valence-corrected chi connectivity index (χ2v) is 7.89. The van der Waals surface area contributed by atoms with Crippen molar-refractivity contribution in [3.8, 4) is 23.3 Å². The maximum absolute atomic E-state index is 12.7. The van der Waals surface area contributed by atoms with E-state index in [1.54, 1.807) is 0 Å². The van der Waals surface area contributed by atoms with Crippen LogP contribution in [-0.2, 0) is 9.53 Å². The van der Waals surface area contributed by atoms with Crippen LogP contribution in [0.15, 0.2) is 12.1 Å². The van der Waals surface area contributed by atoms with E-state index in [1.165, 1.54) is 33.5 Å². The van der Waals surface area contributed by atoms with E-state index in [-0.39, 0.29) is 11.6 Å². The van der Waals surface area contributed by atoms with Gasteiger partial charge in [-0.25, -0.2) is 4.79 Å². The quantitative estimate of drug-likeness (QED) is 0.601. The zero-order chi connectivity index (χ0) is 24.1. The van der Waals surface area contributed by atoms with Gasteiger partial charge in [0.2, 0.25) is 5.75 Å². The lowest BCUT2D eigenvalue weighted by atomic mass is 10.2. The molecule has 0 unspecified atom stereocenters. The van der Waals surface area contributed by atoms with Gasteiger partial charge in [0.25, 0.3) is 5.91 Å². The topological polar surface area (TPSA) is 112 Å². The highest BCUT2D eigenvalue weighted by atomic mass is 16.5. The first-order chi connectivity index (χ1) is 15.9. The molecule has 1 fully saturated rings. The van der Waals surface area contributed by atoms with Gasteiger partial charge in [0.15, 0.2) is 18.1 Å². The summed E-state index contributed by atoms with van der Waals surface area (Å²) in [5.41, 5.74) is 2.39. The van der Waals surface area contributed by atoms with Crippen molar-refractivity contribution in [3.63, 3.8) is 0 Å². The van der Waals surface area contributed by atoms with Crippen LogP contribution in [0, 0.1) is 25.2 Å². The molecule has 9 nitrogen and oxygen atoms in total. The van der Waals surface area contributed by atoms with Crippen molar-refractivity contribution in [2.24, 2.45) is 0 Å². The SMILES string of the molecule is COc1cc(C(=O)OCC(=O)Nc2c(C#N)c(C)c(C)n2C2CCCC2)cc(OC)c1OC. The summed E-state index contributed by atoms with van der Waals surface area (Å²) in [6, 6.07) is 5.34. The summed E-state index contributed by atoms with van der Waals surface area (Å²) in [6.07, 6.45) is 4.23. The van der Waals surface area contributed by atoms with Crippen LogP contribution < -0.4 is 19.5 Å². The zero-order valence-electron chi connectivity index (χ0n) is 19.6. The highest BCUT2D eigenvalue weighted by Crippen LogP contribution is 2.39. The van der Waals surface area contributed by atoms with E-state index in [9.17, 15) is 14.9 Å². The minimum Gasteiger partial charge on any atom is -0.493 e. The minimum atomic E-state index is -0.719. The average molecular weight is 456 g/mol. The number of aromatic nitrogens is 1. The van der Waals surface area contributed by atoms with Gasteiger partial charge in [-0.15, -0.1) is 0 Å². The number of nitrogens with one attached hydrogen (secondary N) is 1. The maximum atomic E-state index is 12.7. The monoisotopic (exact) mass is 455 g/mol. The number of hydrogen-bond acceptors (Lipinski definition) is 7. The van der Waals surface area contributed by atoms with Gasteiger partial charge in [0.1, 0.15) is 11.9 Å². The Kier molecular flexibility index (Phi) is 7.48. The summed E-state index contributed by atoms with van der Waals surface area (Å²) in [5.74, 6) is 0.164. The molecule has 1 amide bonds. The second kappa shape index (κ2) is 10.3. The summed E-state index contributed by atoms with van der Waals surface area (Å²) < 4.78 is 23.0. The third kappa shape index (κ3) is 4.75. The van der Waals surface area contributed by atoms with E-state index in [4.69, 9.17) is 18.9 Å². The van der Waals surface area contributed by atoms with Crippen molar-refractivity contribution < 1.29 is 28.5 Å². The number of nitriles is 1. The number of hydrogen-bond donors (Lipinski definition) is 1. The lowest BCUT2D eigenvalue weighted by molar-refractivity contribution is -0.119. The van der Waals surface area contributed by atoms with Crippen LogP contribution in [-0.4, -0.2) is 44.4 Å². The number of methoxy groups -OCH3 is 3. The molecule has 1 aromatic carbocycles. The molecule has 1 N–H and O–H groups in total. The lowest BCUT2D eigenvalue weighted by Crippen LogP contribution is -2.24. The Morgan fingerprint density at radius 1 is 1.09 bits per heavy atom. The summed E-state index contributed by atoms with van der Waals surface area (Å²) in [4.78, 5) is 25.3. The third-order valence-electron chi connectivity index (χ3n) is 6.05. The van der Waals surface area contributed by atoms with E-state index >= 15 is 0 Å². The molecule has 2 aromatic rings. The van der Waals surface area contributed by atoms with E-state index < -0.39 is 18.5 Å². The molecule has 0 spiro atoms. The van der Waals surface area contributed by atoms with Gasteiger partial charge in [0.05, 0.1) is 32.5 Å². The van der Waals surface area contributed by atoms with Crippen molar-refractivity contribution in [3.05, 3.63) is 34.5 Å². The minimum absolute atomic E-state index is 0.149. The Labute approximate surface area is 193 Å². The molecule has 0 aliphatic heterocycles. The molecule has 1 aliphatic rings. The van der Waals surface area contributed by atoms with Crippen LogP contribution in [0.2, 0.25) is 0 Å². The van der Waals surface area contributed by atoms with Gasteiger partial charge in [-0.3, -0.25) is 4.79 Å². The Morgan fingerprint density at radius 2 is 1.70 bits per heavy atom. The molecular weight excluding hydrogens is 426 g/mol. The Morgan fingerprint density at radius 3 is 2.21 bits per heavy atom. The molecule has 1 aliphatic carbocycles. The first kappa shape index (κ1) is 24.0. The van der Waals surface area contributed by atoms with Crippen molar-refractivity contribution >= 4 is 17.7 Å². The van der Waals surface area contributed by atoms with Crippen molar-refractivity contribution in [2.45, 2.75) is 45.6 Å². The molecule has 0 radical (unpaired) electrons. The van der Waals surface area contributed by atoms with Crippen LogP contribution >= 0.6 is 0 Å². The number of carbonyl (C=O) groups is 2. The molecule has 0 atom stereocenters. The Balaban J connectivity index is 1.76.